The molecule has 2 rings (SSSR count). The van der Waals surface area contributed by atoms with Crippen molar-refractivity contribution in [2.45, 2.75) is 13.5 Å². The molecule has 0 aromatic heterocycles. The van der Waals surface area contributed by atoms with Gasteiger partial charge in [0.05, 0.1) is 6.61 Å². The van der Waals surface area contributed by atoms with Gasteiger partial charge in [0.1, 0.15) is 5.75 Å². The maximum atomic E-state index is 12.1. The fourth-order valence-electron chi connectivity index (χ4n) is 1.94. The lowest BCUT2D eigenvalue weighted by molar-refractivity contribution is 0.220. The molecule has 0 radical (unpaired) electrons. The third-order valence-electron chi connectivity index (χ3n) is 3.03. The summed E-state index contributed by atoms with van der Waals surface area (Å²) in [6.45, 7) is 3.15. The van der Waals surface area contributed by atoms with E-state index in [1.165, 1.54) is 0 Å². The predicted molar refractivity (Wildman–Crippen MR) is 84.5 cm³/mol. The Balaban J connectivity index is 1.91. The SMILES string of the molecule is CCOc1ccc(CN(C)C(=O)Nc2ccccc2)cc1. The van der Waals surface area contributed by atoms with E-state index < -0.39 is 0 Å². The van der Waals surface area contributed by atoms with Crippen molar-refractivity contribution < 1.29 is 9.53 Å². The van der Waals surface area contributed by atoms with E-state index in [0.717, 1.165) is 17.0 Å². The number of carbonyl (C=O) groups excluding carboxylic acids is 1. The monoisotopic (exact) mass is 284 g/mol. The molecule has 2 aromatic carbocycles. The van der Waals surface area contributed by atoms with E-state index in [1.54, 1.807) is 11.9 Å². The van der Waals surface area contributed by atoms with Gasteiger partial charge in [0.15, 0.2) is 0 Å². The molecule has 0 unspecified atom stereocenters. The van der Waals surface area contributed by atoms with Crippen molar-refractivity contribution in [3.05, 3.63) is 60.2 Å². The summed E-state index contributed by atoms with van der Waals surface area (Å²) in [5, 5.41) is 2.86. The highest BCUT2D eigenvalue weighted by Crippen LogP contribution is 2.14. The Morgan fingerprint density at radius 1 is 1.10 bits per heavy atom. The maximum Gasteiger partial charge on any atom is 0.321 e. The lowest BCUT2D eigenvalue weighted by Gasteiger charge is -2.18. The summed E-state index contributed by atoms with van der Waals surface area (Å²) < 4.78 is 5.40. The number of anilines is 1. The molecule has 0 spiro atoms. The van der Waals surface area contributed by atoms with Crippen molar-refractivity contribution in [2.75, 3.05) is 19.0 Å². The van der Waals surface area contributed by atoms with E-state index in [0.29, 0.717) is 13.2 Å². The molecule has 0 saturated heterocycles. The zero-order chi connectivity index (χ0) is 15.1. The fraction of sp³-hybridized carbons (Fsp3) is 0.235. The average molecular weight is 284 g/mol. The number of nitrogens with zero attached hydrogens (tertiary/aromatic N) is 1. The van der Waals surface area contributed by atoms with Gasteiger partial charge in [-0.15, -0.1) is 0 Å². The number of nitrogens with one attached hydrogen (secondary N) is 1. The van der Waals surface area contributed by atoms with Crippen LogP contribution in [0.1, 0.15) is 12.5 Å². The van der Waals surface area contributed by atoms with Gasteiger partial charge >= 0.3 is 6.03 Å². The number of urea groups is 1. The zero-order valence-electron chi connectivity index (χ0n) is 12.4. The van der Waals surface area contributed by atoms with Crippen LogP contribution in [0.15, 0.2) is 54.6 Å². The van der Waals surface area contributed by atoms with Crippen LogP contribution in [0.4, 0.5) is 10.5 Å². The van der Waals surface area contributed by atoms with Gasteiger partial charge in [0.2, 0.25) is 0 Å². The molecule has 0 aliphatic carbocycles. The van der Waals surface area contributed by atoms with E-state index in [2.05, 4.69) is 5.32 Å². The molecular weight excluding hydrogens is 264 g/mol. The van der Waals surface area contributed by atoms with Crippen molar-refractivity contribution >= 4 is 11.7 Å². The van der Waals surface area contributed by atoms with Gasteiger partial charge in [0.25, 0.3) is 0 Å². The number of para-hydroxylation sites is 1. The maximum absolute atomic E-state index is 12.1. The van der Waals surface area contributed by atoms with Crippen LogP contribution in [0, 0.1) is 0 Å². The Morgan fingerprint density at radius 2 is 1.76 bits per heavy atom. The Morgan fingerprint density at radius 3 is 2.38 bits per heavy atom. The molecule has 1 N–H and O–H groups in total. The fourth-order valence-corrected chi connectivity index (χ4v) is 1.94. The van der Waals surface area contributed by atoms with Crippen molar-refractivity contribution in [1.29, 1.82) is 0 Å². The first-order chi connectivity index (χ1) is 10.2. The summed E-state index contributed by atoms with van der Waals surface area (Å²) in [6.07, 6.45) is 0. The summed E-state index contributed by atoms with van der Waals surface area (Å²) in [4.78, 5) is 13.7. The molecule has 0 aliphatic rings. The zero-order valence-corrected chi connectivity index (χ0v) is 12.4. The minimum Gasteiger partial charge on any atom is -0.494 e. The Kier molecular flexibility index (Phi) is 5.21. The Hall–Kier alpha value is -2.49. The molecule has 0 saturated carbocycles. The molecule has 4 heteroatoms. The molecule has 0 bridgehead atoms. The second-order valence-corrected chi connectivity index (χ2v) is 4.73. The van der Waals surface area contributed by atoms with Crippen LogP contribution in [-0.4, -0.2) is 24.6 Å². The number of benzene rings is 2. The highest BCUT2D eigenvalue weighted by molar-refractivity contribution is 5.89. The second-order valence-electron chi connectivity index (χ2n) is 4.73. The van der Waals surface area contributed by atoms with Gasteiger partial charge < -0.3 is 15.0 Å². The second kappa shape index (κ2) is 7.33. The number of ether oxygens (including phenoxy) is 1. The van der Waals surface area contributed by atoms with Crippen LogP contribution >= 0.6 is 0 Å². The van der Waals surface area contributed by atoms with Gasteiger partial charge in [-0.25, -0.2) is 4.79 Å². The topological polar surface area (TPSA) is 41.6 Å². The number of hydrogen-bond donors (Lipinski definition) is 1. The molecule has 110 valence electrons. The van der Waals surface area contributed by atoms with Gasteiger partial charge in [-0.2, -0.15) is 0 Å². The standard InChI is InChI=1S/C17H20N2O2/c1-3-21-16-11-9-14(10-12-16)13-19(2)17(20)18-15-7-5-4-6-8-15/h4-12H,3,13H2,1-2H3,(H,18,20). The van der Waals surface area contributed by atoms with Crippen molar-refractivity contribution in [1.82, 2.24) is 4.90 Å². The number of carbonyl (C=O) groups is 1. The molecule has 0 fully saturated rings. The van der Waals surface area contributed by atoms with Crippen LogP contribution in [0.25, 0.3) is 0 Å². The minimum atomic E-state index is -0.130. The molecule has 2 aromatic rings. The summed E-state index contributed by atoms with van der Waals surface area (Å²) in [7, 11) is 1.77. The van der Waals surface area contributed by atoms with Gasteiger partial charge in [-0.3, -0.25) is 0 Å². The quantitative estimate of drug-likeness (QED) is 0.908. The van der Waals surface area contributed by atoms with Crippen molar-refractivity contribution in [2.24, 2.45) is 0 Å². The lowest BCUT2D eigenvalue weighted by atomic mass is 10.2. The Labute approximate surface area is 125 Å². The summed E-state index contributed by atoms with van der Waals surface area (Å²) in [5.41, 5.74) is 1.85. The van der Waals surface area contributed by atoms with Crippen LogP contribution in [-0.2, 0) is 6.54 Å². The van der Waals surface area contributed by atoms with E-state index in [4.69, 9.17) is 4.74 Å². The Bertz CT molecular complexity index is 567. The molecule has 0 atom stereocenters. The molecule has 0 heterocycles. The number of amides is 2. The summed E-state index contributed by atoms with van der Waals surface area (Å²) in [5.74, 6) is 0.845. The molecule has 0 aliphatic heterocycles. The van der Waals surface area contributed by atoms with E-state index in [1.807, 2.05) is 61.5 Å². The van der Waals surface area contributed by atoms with Crippen molar-refractivity contribution in [3.8, 4) is 5.75 Å². The van der Waals surface area contributed by atoms with Crippen LogP contribution in [0.2, 0.25) is 0 Å². The largest absolute Gasteiger partial charge is 0.494 e. The minimum absolute atomic E-state index is 0.130. The number of rotatable bonds is 5. The van der Waals surface area contributed by atoms with Crippen LogP contribution < -0.4 is 10.1 Å². The highest BCUT2D eigenvalue weighted by Gasteiger charge is 2.09. The van der Waals surface area contributed by atoms with E-state index in [9.17, 15) is 4.79 Å². The number of hydrogen-bond acceptors (Lipinski definition) is 2. The summed E-state index contributed by atoms with van der Waals surface area (Å²) >= 11 is 0. The predicted octanol–water partition coefficient (Wildman–Crippen LogP) is 3.75. The van der Waals surface area contributed by atoms with Crippen LogP contribution in [0.3, 0.4) is 0 Å². The van der Waals surface area contributed by atoms with E-state index in [-0.39, 0.29) is 6.03 Å². The first-order valence-corrected chi connectivity index (χ1v) is 6.98. The first-order valence-electron chi connectivity index (χ1n) is 6.98. The van der Waals surface area contributed by atoms with Crippen molar-refractivity contribution in [3.63, 3.8) is 0 Å². The normalized spacial score (nSPS) is 10.0. The molecule has 2 amide bonds. The summed E-state index contributed by atoms with van der Waals surface area (Å²) in [6, 6.07) is 17.1. The highest BCUT2D eigenvalue weighted by atomic mass is 16.5. The van der Waals surface area contributed by atoms with Gasteiger partial charge in [-0.1, -0.05) is 30.3 Å². The molecular formula is C17H20N2O2. The third kappa shape index (κ3) is 4.53. The van der Waals surface area contributed by atoms with E-state index >= 15 is 0 Å². The molecule has 21 heavy (non-hydrogen) atoms. The smallest absolute Gasteiger partial charge is 0.321 e. The van der Waals surface area contributed by atoms with Gasteiger partial charge in [0, 0.05) is 19.3 Å². The first kappa shape index (κ1) is 14.9. The lowest BCUT2D eigenvalue weighted by Crippen LogP contribution is -2.30. The van der Waals surface area contributed by atoms with Gasteiger partial charge in [-0.05, 0) is 36.8 Å². The average Bonchev–Trinajstić information content (AvgIpc) is 2.50. The molecule has 4 nitrogen and oxygen atoms in total. The van der Waals surface area contributed by atoms with Crippen LogP contribution in [0.5, 0.6) is 5.75 Å². The third-order valence-corrected chi connectivity index (χ3v) is 3.03.